The van der Waals surface area contributed by atoms with Crippen LogP contribution in [0.4, 0.5) is 0 Å². The van der Waals surface area contributed by atoms with Gasteiger partial charge in [0.25, 0.3) is 0 Å². The van der Waals surface area contributed by atoms with Crippen LogP contribution in [-0.2, 0) is 26.0 Å². The van der Waals surface area contributed by atoms with Crippen LogP contribution in [-0.4, -0.2) is 39.3 Å². The smallest absolute Gasteiger partial charge is 0.308 e. The van der Waals surface area contributed by atoms with E-state index in [0.29, 0.717) is 17.9 Å². The van der Waals surface area contributed by atoms with Crippen molar-refractivity contribution in [1.29, 1.82) is 0 Å². The van der Waals surface area contributed by atoms with E-state index in [4.69, 9.17) is 9.84 Å². The van der Waals surface area contributed by atoms with E-state index in [-0.39, 0.29) is 16.7 Å². The highest BCUT2D eigenvalue weighted by molar-refractivity contribution is 7.91. The number of methoxy groups -OCH3 is 1. The van der Waals surface area contributed by atoms with E-state index in [9.17, 15) is 13.2 Å². The van der Waals surface area contributed by atoms with Gasteiger partial charge in [-0.25, -0.2) is 13.1 Å². The third-order valence-corrected chi connectivity index (χ3v) is 5.65. The first-order valence-electron chi connectivity index (χ1n) is 6.20. The number of carbonyl (C=O) groups is 1. The molecule has 1 atom stereocenters. The molecule has 2 N–H and O–H groups in total. The molecule has 8 heteroatoms. The summed E-state index contributed by atoms with van der Waals surface area (Å²) >= 11 is 0.974. The van der Waals surface area contributed by atoms with Crippen molar-refractivity contribution >= 4 is 27.3 Å². The van der Waals surface area contributed by atoms with Gasteiger partial charge in [-0.15, -0.1) is 11.3 Å². The van der Waals surface area contributed by atoms with Crippen molar-refractivity contribution in [3.05, 3.63) is 17.0 Å². The first kappa shape index (κ1) is 17.1. The van der Waals surface area contributed by atoms with Crippen LogP contribution in [0.15, 0.2) is 16.3 Å². The summed E-state index contributed by atoms with van der Waals surface area (Å²) in [7, 11) is -2.10. The average molecular weight is 321 g/mol. The van der Waals surface area contributed by atoms with Crippen molar-refractivity contribution < 1.29 is 23.1 Å². The molecule has 1 rings (SSSR count). The maximum atomic E-state index is 12.2. The van der Waals surface area contributed by atoms with E-state index < -0.39 is 16.0 Å². The molecule has 0 aliphatic carbocycles. The monoisotopic (exact) mass is 321 g/mol. The zero-order valence-corrected chi connectivity index (χ0v) is 13.1. The fourth-order valence-corrected chi connectivity index (χ4v) is 4.37. The number of sulfonamides is 1. The molecule has 1 aromatic heterocycles. The lowest BCUT2D eigenvalue weighted by molar-refractivity contribution is -0.136. The standard InChI is InChI=1S/C12H19NO5S2/c1-3-4-9(8-18-2)13-20(16,17)12-6-5-10(19-12)7-11(14)15/h5-6,9,13H,3-4,7-8H2,1-2H3,(H,14,15). The molecule has 1 heterocycles. The Morgan fingerprint density at radius 2 is 2.20 bits per heavy atom. The van der Waals surface area contributed by atoms with Crippen molar-refractivity contribution in [2.45, 2.75) is 36.4 Å². The second kappa shape index (κ2) is 7.72. The van der Waals surface area contributed by atoms with Crippen LogP contribution in [0.3, 0.4) is 0 Å². The summed E-state index contributed by atoms with van der Waals surface area (Å²) < 4.78 is 32.1. The zero-order valence-electron chi connectivity index (χ0n) is 11.5. The van der Waals surface area contributed by atoms with Gasteiger partial charge in [-0.3, -0.25) is 4.79 Å². The molecule has 0 bridgehead atoms. The predicted molar refractivity (Wildman–Crippen MR) is 76.6 cm³/mol. The van der Waals surface area contributed by atoms with Gasteiger partial charge in [-0.2, -0.15) is 0 Å². The van der Waals surface area contributed by atoms with Gasteiger partial charge in [-0.1, -0.05) is 13.3 Å². The van der Waals surface area contributed by atoms with E-state index >= 15 is 0 Å². The van der Waals surface area contributed by atoms with Crippen molar-refractivity contribution in [1.82, 2.24) is 4.72 Å². The zero-order chi connectivity index (χ0) is 15.2. The highest BCUT2D eigenvalue weighted by atomic mass is 32.2. The SMILES string of the molecule is CCCC(COC)NS(=O)(=O)c1ccc(CC(=O)O)s1. The van der Waals surface area contributed by atoms with Crippen molar-refractivity contribution in [2.24, 2.45) is 0 Å². The van der Waals surface area contributed by atoms with E-state index in [1.54, 1.807) is 0 Å². The van der Waals surface area contributed by atoms with Crippen LogP contribution in [0.1, 0.15) is 24.6 Å². The summed E-state index contributed by atoms with van der Waals surface area (Å²) in [6, 6.07) is 2.68. The number of thiophene rings is 1. The molecule has 0 aliphatic rings. The molecular formula is C12H19NO5S2. The molecule has 114 valence electrons. The topological polar surface area (TPSA) is 92.7 Å². The molecule has 0 fully saturated rings. The summed E-state index contributed by atoms with van der Waals surface area (Å²) in [5.74, 6) is -0.980. The van der Waals surface area contributed by atoms with Gasteiger partial charge in [-0.05, 0) is 18.6 Å². The fraction of sp³-hybridized carbons (Fsp3) is 0.583. The molecule has 0 aromatic carbocycles. The lowest BCUT2D eigenvalue weighted by atomic mass is 10.2. The molecule has 0 saturated heterocycles. The van der Waals surface area contributed by atoms with E-state index in [2.05, 4.69) is 4.72 Å². The Morgan fingerprint density at radius 1 is 1.50 bits per heavy atom. The summed E-state index contributed by atoms with van der Waals surface area (Å²) in [5, 5.41) is 8.69. The van der Waals surface area contributed by atoms with Crippen molar-refractivity contribution in [3.63, 3.8) is 0 Å². The second-order valence-corrected chi connectivity index (χ2v) is 7.46. The van der Waals surface area contributed by atoms with Crippen LogP contribution in [0.2, 0.25) is 0 Å². The second-order valence-electron chi connectivity index (χ2n) is 4.35. The Labute approximate surface area is 122 Å². The van der Waals surface area contributed by atoms with Crippen LogP contribution in [0.25, 0.3) is 0 Å². The van der Waals surface area contributed by atoms with Gasteiger partial charge >= 0.3 is 5.97 Å². The van der Waals surface area contributed by atoms with Crippen LogP contribution in [0, 0.1) is 0 Å². The predicted octanol–water partition coefficient (Wildman–Crippen LogP) is 1.47. The molecule has 6 nitrogen and oxygen atoms in total. The molecule has 0 saturated carbocycles. The Balaban J connectivity index is 2.81. The number of nitrogens with one attached hydrogen (secondary N) is 1. The summed E-state index contributed by atoms with van der Waals surface area (Å²) in [6.45, 7) is 2.27. The third-order valence-electron chi connectivity index (χ3n) is 2.55. The summed E-state index contributed by atoms with van der Waals surface area (Å²) in [4.78, 5) is 11.1. The van der Waals surface area contributed by atoms with Gasteiger partial charge in [0.15, 0.2) is 0 Å². The molecule has 20 heavy (non-hydrogen) atoms. The molecule has 0 amide bonds. The van der Waals surface area contributed by atoms with E-state index in [0.717, 1.165) is 17.8 Å². The van der Waals surface area contributed by atoms with Gasteiger partial charge in [0, 0.05) is 18.0 Å². The van der Waals surface area contributed by atoms with Crippen LogP contribution in [0.5, 0.6) is 0 Å². The lowest BCUT2D eigenvalue weighted by Crippen LogP contribution is -2.37. The molecule has 1 aromatic rings. The maximum Gasteiger partial charge on any atom is 0.308 e. The number of carboxylic acids is 1. The third kappa shape index (κ3) is 5.20. The fourth-order valence-electron chi connectivity index (χ4n) is 1.75. The summed E-state index contributed by atoms with van der Waals surface area (Å²) in [6.07, 6.45) is 1.35. The minimum absolute atomic E-state index is 0.131. The Hall–Kier alpha value is -0.960. The van der Waals surface area contributed by atoms with E-state index in [1.165, 1.54) is 19.2 Å². The number of carboxylic acid groups (broad SMARTS) is 1. The molecule has 1 unspecified atom stereocenters. The normalized spacial score (nSPS) is 13.3. The van der Waals surface area contributed by atoms with Gasteiger partial charge < -0.3 is 9.84 Å². The number of ether oxygens (including phenoxy) is 1. The van der Waals surface area contributed by atoms with Crippen molar-refractivity contribution in [2.75, 3.05) is 13.7 Å². The highest BCUT2D eigenvalue weighted by Crippen LogP contribution is 2.22. The lowest BCUT2D eigenvalue weighted by Gasteiger charge is -2.16. The molecular weight excluding hydrogens is 302 g/mol. The van der Waals surface area contributed by atoms with Gasteiger partial charge in [0.2, 0.25) is 10.0 Å². The Bertz CT molecular complexity index is 532. The largest absolute Gasteiger partial charge is 0.481 e. The first-order chi connectivity index (χ1) is 9.39. The number of hydrogen-bond acceptors (Lipinski definition) is 5. The maximum absolute atomic E-state index is 12.2. The van der Waals surface area contributed by atoms with Crippen LogP contribution < -0.4 is 4.72 Å². The Kier molecular flexibility index (Phi) is 6.60. The van der Waals surface area contributed by atoms with E-state index in [1.807, 2.05) is 6.92 Å². The molecule has 0 radical (unpaired) electrons. The minimum Gasteiger partial charge on any atom is -0.481 e. The van der Waals surface area contributed by atoms with Gasteiger partial charge in [0.05, 0.1) is 13.0 Å². The Morgan fingerprint density at radius 3 is 2.75 bits per heavy atom. The average Bonchev–Trinajstić information content (AvgIpc) is 2.77. The summed E-state index contributed by atoms with van der Waals surface area (Å²) in [5.41, 5.74) is 0. The quantitative estimate of drug-likeness (QED) is 0.718. The number of hydrogen-bond donors (Lipinski definition) is 2. The number of rotatable bonds is 9. The molecule has 0 spiro atoms. The van der Waals surface area contributed by atoms with Crippen LogP contribution >= 0.6 is 11.3 Å². The highest BCUT2D eigenvalue weighted by Gasteiger charge is 2.21. The van der Waals surface area contributed by atoms with Crippen molar-refractivity contribution in [3.8, 4) is 0 Å². The molecule has 0 aliphatic heterocycles. The minimum atomic E-state index is -3.62. The first-order valence-corrected chi connectivity index (χ1v) is 8.50. The number of aliphatic carboxylic acids is 1. The van der Waals surface area contributed by atoms with Gasteiger partial charge in [0.1, 0.15) is 4.21 Å².